The zero-order valence-corrected chi connectivity index (χ0v) is 12.8. The summed E-state index contributed by atoms with van der Waals surface area (Å²) >= 11 is 0. The van der Waals surface area contributed by atoms with Crippen molar-refractivity contribution in [1.29, 1.82) is 5.26 Å². The number of hydrogen-bond acceptors (Lipinski definition) is 5. The molecule has 0 radical (unpaired) electrons. The average Bonchev–Trinajstić information content (AvgIpc) is 3.39. The van der Waals surface area contributed by atoms with E-state index in [-0.39, 0.29) is 0 Å². The first kappa shape index (κ1) is 13.5. The first-order valence-electron chi connectivity index (χ1n) is 7.61. The third-order valence-electron chi connectivity index (χ3n) is 4.14. The molecule has 0 aliphatic carbocycles. The number of nitrogens with zero attached hydrogens (tertiary/aromatic N) is 5. The van der Waals surface area contributed by atoms with Crippen LogP contribution < -0.4 is 0 Å². The molecule has 0 bridgehead atoms. The second kappa shape index (κ2) is 5.04. The van der Waals surface area contributed by atoms with Gasteiger partial charge in [-0.2, -0.15) is 19.9 Å². The smallest absolute Gasteiger partial charge is 0.253 e. The Balaban J connectivity index is 1.93. The van der Waals surface area contributed by atoms with Crippen LogP contribution in [-0.4, -0.2) is 24.6 Å². The number of fused-ring (bicyclic) bond motifs is 2. The summed E-state index contributed by atoms with van der Waals surface area (Å²) in [5.74, 6) is 0.946. The Morgan fingerprint density at radius 3 is 2.92 bits per heavy atom. The van der Waals surface area contributed by atoms with Gasteiger partial charge < -0.3 is 9.40 Å². The van der Waals surface area contributed by atoms with Crippen molar-refractivity contribution in [3.63, 3.8) is 0 Å². The van der Waals surface area contributed by atoms with E-state index < -0.39 is 0 Å². The molecule has 0 aliphatic heterocycles. The molecule has 118 valence electrons. The number of nitrogens with one attached hydrogen (secondary N) is 1. The highest BCUT2D eigenvalue weighted by Gasteiger charge is 2.22. The second-order valence-electron chi connectivity index (χ2n) is 5.49. The molecule has 0 saturated heterocycles. The molecule has 0 unspecified atom stereocenters. The highest BCUT2D eigenvalue weighted by Crippen LogP contribution is 2.34. The van der Waals surface area contributed by atoms with Crippen LogP contribution >= 0.6 is 0 Å². The molecule has 1 N–H and O–H groups in total. The predicted molar refractivity (Wildman–Crippen MR) is 90.5 cm³/mol. The molecule has 4 aromatic heterocycles. The van der Waals surface area contributed by atoms with Gasteiger partial charge in [-0.1, -0.05) is 18.2 Å². The van der Waals surface area contributed by atoms with Crippen LogP contribution in [0, 0.1) is 11.3 Å². The number of aromatic nitrogens is 5. The summed E-state index contributed by atoms with van der Waals surface area (Å²) in [6, 6.07) is 13.7. The van der Waals surface area contributed by atoms with Gasteiger partial charge in [-0.15, -0.1) is 0 Å². The zero-order valence-electron chi connectivity index (χ0n) is 12.8. The molecule has 0 spiro atoms. The summed E-state index contributed by atoms with van der Waals surface area (Å²) in [5, 5.41) is 15.0. The molecule has 1 aromatic carbocycles. The van der Waals surface area contributed by atoms with E-state index in [9.17, 15) is 5.26 Å². The summed E-state index contributed by atoms with van der Waals surface area (Å²) in [5.41, 5.74) is 3.29. The van der Waals surface area contributed by atoms with E-state index in [0.29, 0.717) is 28.5 Å². The highest BCUT2D eigenvalue weighted by molar-refractivity contribution is 5.97. The summed E-state index contributed by atoms with van der Waals surface area (Å²) in [4.78, 5) is 12.0. The van der Waals surface area contributed by atoms with Gasteiger partial charge in [-0.05, 0) is 18.2 Å². The number of hydrogen-bond donors (Lipinski definition) is 1. The Morgan fingerprint density at radius 2 is 2.08 bits per heavy atom. The number of nitriles is 1. The van der Waals surface area contributed by atoms with E-state index in [2.05, 4.69) is 26.1 Å². The van der Waals surface area contributed by atoms with Crippen LogP contribution in [0.2, 0.25) is 0 Å². The fourth-order valence-corrected chi connectivity index (χ4v) is 3.05. The number of aromatic amines is 1. The highest BCUT2D eigenvalue weighted by atomic mass is 16.3. The molecule has 0 aliphatic rings. The minimum absolute atomic E-state index is 0.387. The average molecular weight is 326 g/mol. The fourth-order valence-electron chi connectivity index (χ4n) is 3.05. The van der Waals surface area contributed by atoms with Crippen molar-refractivity contribution in [3.8, 4) is 28.8 Å². The van der Waals surface area contributed by atoms with Gasteiger partial charge in [0.25, 0.3) is 5.78 Å². The molecule has 0 saturated carbocycles. The van der Waals surface area contributed by atoms with Crippen LogP contribution in [0.3, 0.4) is 0 Å². The molecule has 5 rings (SSSR count). The maximum atomic E-state index is 9.86. The van der Waals surface area contributed by atoms with Gasteiger partial charge in [-0.25, -0.2) is 4.98 Å². The number of H-pyrrole nitrogens is 1. The Hall–Kier alpha value is -3.92. The van der Waals surface area contributed by atoms with Crippen LogP contribution in [0.4, 0.5) is 0 Å². The van der Waals surface area contributed by atoms with Gasteiger partial charge in [-0.3, -0.25) is 0 Å². The molecule has 5 aromatic rings. The van der Waals surface area contributed by atoms with Crippen molar-refractivity contribution < 1.29 is 4.42 Å². The number of rotatable bonds is 2. The Kier molecular flexibility index (Phi) is 2.72. The van der Waals surface area contributed by atoms with E-state index >= 15 is 0 Å². The van der Waals surface area contributed by atoms with Crippen LogP contribution in [-0.2, 0) is 0 Å². The number of benzene rings is 1. The first-order chi connectivity index (χ1) is 12.4. The summed E-state index contributed by atoms with van der Waals surface area (Å²) < 4.78 is 7.05. The molecule has 7 nitrogen and oxygen atoms in total. The quantitative estimate of drug-likeness (QED) is 0.536. The Morgan fingerprint density at radius 1 is 1.16 bits per heavy atom. The maximum absolute atomic E-state index is 9.86. The maximum Gasteiger partial charge on any atom is 0.253 e. The lowest BCUT2D eigenvalue weighted by Crippen LogP contribution is -2.03. The topological polar surface area (TPSA) is 95.8 Å². The van der Waals surface area contributed by atoms with Crippen LogP contribution in [0.5, 0.6) is 0 Å². The molecule has 0 fully saturated rings. The molecule has 7 heteroatoms. The van der Waals surface area contributed by atoms with E-state index in [1.165, 1.54) is 10.8 Å². The SMILES string of the molecule is N#Cc1c(-c2c[nH]c3ccccc23)nc2ncnn2c1-c1ccco1. The van der Waals surface area contributed by atoms with Crippen LogP contribution in [0.25, 0.3) is 39.4 Å². The summed E-state index contributed by atoms with van der Waals surface area (Å²) in [7, 11) is 0. The molecular weight excluding hydrogens is 316 g/mol. The Bertz CT molecular complexity index is 1260. The monoisotopic (exact) mass is 326 g/mol. The summed E-state index contributed by atoms with van der Waals surface area (Å²) in [6.45, 7) is 0. The molecular formula is C18H10N6O. The van der Waals surface area contributed by atoms with E-state index in [1.807, 2.05) is 30.5 Å². The van der Waals surface area contributed by atoms with E-state index in [4.69, 9.17) is 4.42 Å². The van der Waals surface area contributed by atoms with Crippen LogP contribution in [0.15, 0.2) is 59.6 Å². The Labute approximate surface area is 141 Å². The zero-order chi connectivity index (χ0) is 16.8. The van der Waals surface area contributed by atoms with Crippen LogP contribution in [0.1, 0.15) is 5.56 Å². The first-order valence-corrected chi connectivity index (χ1v) is 7.61. The van der Waals surface area contributed by atoms with Crippen molar-refractivity contribution in [2.24, 2.45) is 0 Å². The van der Waals surface area contributed by atoms with Crippen molar-refractivity contribution in [1.82, 2.24) is 24.6 Å². The molecule has 0 atom stereocenters. The van der Waals surface area contributed by atoms with Gasteiger partial charge in [0.15, 0.2) is 5.76 Å². The van der Waals surface area contributed by atoms with Crippen molar-refractivity contribution in [3.05, 3.63) is 60.7 Å². The molecule has 4 heterocycles. The molecule has 25 heavy (non-hydrogen) atoms. The fraction of sp³-hybridized carbons (Fsp3) is 0. The summed E-state index contributed by atoms with van der Waals surface area (Å²) in [6.07, 6.45) is 4.83. The van der Waals surface area contributed by atoms with Crippen molar-refractivity contribution >= 4 is 16.7 Å². The number of para-hydroxylation sites is 1. The largest absolute Gasteiger partial charge is 0.463 e. The lowest BCUT2D eigenvalue weighted by atomic mass is 10.0. The normalized spacial score (nSPS) is 11.2. The minimum Gasteiger partial charge on any atom is -0.463 e. The van der Waals surface area contributed by atoms with E-state index in [0.717, 1.165) is 16.5 Å². The van der Waals surface area contributed by atoms with Gasteiger partial charge in [0.05, 0.1) is 12.0 Å². The number of furan rings is 1. The predicted octanol–water partition coefficient (Wildman–Crippen LogP) is 3.40. The van der Waals surface area contributed by atoms with Gasteiger partial charge in [0.1, 0.15) is 23.7 Å². The van der Waals surface area contributed by atoms with E-state index in [1.54, 1.807) is 18.4 Å². The standard InChI is InChI=1S/C18H10N6O/c19-8-12-16(13-9-20-14-5-2-1-4-11(13)14)23-18-21-10-22-24(18)17(12)15-6-3-7-25-15/h1-7,9-10,20H. The lowest BCUT2D eigenvalue weighted by Gasteiger charge is -2.08. The second-order valence-corrected chi connectivity index (χ2v) is 5.49. The minimum atomic E-state index is 0.387. The van der Waals surface area contributed by atoms with Crippen molar-refractivity contribution in [2.75, 3.05) is 0 Å². The van der Waals surface area contributed by atoms with Gasteiger partial charge in [0.2, 0.25) is 0 Å². The molecule has 0 amide bonds. The lowest BCUT2D eigenvalue weighted by molar-refractivity contribution is 0.577. The van der Waals surface area contributed by atoms with Gasteiger partial charge in [0, 0.05) is 22.7 Å². The third-order valence-corrected chi connectivity index (χ3v) is 4.14. The third kappa shape index (κ3) is 1.88. The van der Waals surface area contributed by atoms with Gasteiger partial charge >= 0.3 is 0 Å². The van der Waals surface area contributed by atoms with Crippen molar-refractivity contribution in [2.45, 2.75) is 0 Å².